The third kappa shape index (κ3) is 2.00. The predicted octanol–water partition coefficient (Wildman–Crippen LogP) is -0.149. The van der Waals surface area contributed by atoms with E-state index in [1.807, 2.05) is 0 Å². The molecule has 1 unspecified atom stereocenters. The minimum absolute atomic E-state index is 0.213. The lowest BCUT2D eigenvalue weighted by Gasteiger charge is -2.36. The van der Waals surface area contributed by atoms with Gasteiger partial charge in [-0.05, 0) is 19.4 Å². The Bertz CT molecular complexity index is 208. The van der Waals surface area contributed by atoms with Gasteiger partial charge in [0.1, 0.15) is 0 Å². The summed E-state index contributed by atoms with van der Waals surface area (Å²) in [5.74, 6) is -0.702. The first-order valence-electron chi connectivity index (χ1n) is 4.94. The second-order valence-electron chi connectivity index (χ2n) is 3.96. The first kappa shape index (κ1) is 8.97. The Kier molecular flexibility index (Phi) is 2.51. The fourth-order valence-corrected chi connectivity index (χ4v) is 2.39. The van der Waals surface area contributed by atoms with Gasteiger partial charge in [-0.2, -0.15) is 0 Å². The van der Waals surface area contributed by atoms with Crippen molar-refractivity contribution in [3.63, 3.8) is 0 Å². The molecule has 4 heteroatoms. The Labute approximate surface area is 78.1 Å². The Morgan fingerprint density at radius 3 is 3.00 bits per heavy atom. The SMILES string of the molecule is O=C(O)CN1CCN2CCCC2C1. The number of hydrogen-bond donors (Lipinski definition) is 1. The molecule has 13 heavy (non-hydrogen) atoms. The van der Waals surface area contributed by atoms with Crippen LogP contribution >= 0.6 is 0 Å². The van der Waals surface area contributed by atoms with Crippen LogP contribution in [-0.2, 0) is 4.79 Å². The van der Waals surface area contributed by atoms with Crippen LogP contribution in [-0.4, -0.2) is 59.6 Å². The molecule has 0 bridgehead atoms. The fourth-order valence-electron chi connectivity index (χ4n) is 2.39. The van der Waals surface area contributed by atoms with Crippen LogP contribution in [0.25, 0.3) is 0 Å². The molecule has 2 rings (SSSR count). The Morgan fingerprint density at radius 1 is 1.38 bits per heavy atom. The second kappa shape index (κ2) is 3.64. The number of aliphatic carboxylic acids is 1. The minimum Gasteiger partial charge on any atom is -0.480 e. The summed E-state index contributed by atoms with van der Waals surface area (Å²) in [4.78, 5) is 15.0. The van der Waals surface area contributed by atoms with Gasteiger partial charge in [-0.15, -0.1) is 0 Å². The van der Waals surface area contributed by atoms with E-state index >= 15 is 0 Å². The molecule has 2 heterocycles. The van der Waals surface area contributed by atoms with Crippen molar-refractivity contribution in [1.29, 1.82) is 0 Å². The van der Waals surface area contributed by atoms with E-state index in [-0.39, 0.29) is 6.54 Å². The Hall–Kier alpha value is -0.610. The molecule has 0 amide bonds. The van der Waals surface area contributed by atoms with Crippen molar-refractivity contribution >= 4 is 5.97 Å². The quantitative estimate of drug-likeness (QED) is 0.648. The zero-order valence-corrected chi connectivity index (χ0v) is 7.78. The smallest absolute Gasteiger partial charge is 0.317 e. The molecule has 0 aromatic heterocycles. The highest BCUT2D eigenvalue weighted by Crippen LogP contribution is 2.20. The molecule has 1 atom stereocenters. The van der Waals surface area contributed by atoms with Gasteiger partial charge in [-0.3, -0.25) is 14.6 Å². The third-order valence-corrected chi connectivity index (χ3v) is 3.03. The molecule has 74 valence electrons. The van der Waals surface area contributed by atoms with Crippen LogP contribution in [0.1, 0.15) is 12.8 Å². The van der Waals surface area contributed by atoms with E-state index in [0.717, 1.165) is 19.6 Å². The number of fused-ring (bicyclic) bond motifs is 1. The molecule has 2 aliphatic heterocycles. The lowest BCUT2D eigenvalue weighted by Crippen LogP contribution is -2.51. The number of rotatable bonds is 2. The van der Waals surface area contributed by atoms with Crippen molar-refractivity contribution in [2.45, 2.75) is 18.9 Å². The van der Waals surface area contributed by atoms with Crippen LogP contribution in [0.5, 0.6) is 0 Å². The molecule has 1 N–H and O–H groups in total. The molecule has 0 aromatic carbocycles. The van der Waals surface area contributed by atoms with Crippen molar-refractivity contribution < 1.29 is 9.90 Å². The summed E-state index contributed by atoms with van der Waals surface area (Å²) in [5.41, 5.74) is 0. The molecule has 0 aromatic rings. The van der Waals surface area contributed by atoms with Gasteiger partial charge in [-0.25, -0.2) is 0 Å². The summed E-state index contributed by atoms with van der Waals surface area (Å²) in [6.45, 7) is 4.35. The standard InChI is InChI=1S/C9H16N2O2/c12-9(13)7-10-4-5-11-3-1-2-8(11)6-10/h8H,1-7H2,(H,12,13). The number of carboxylic acids is 1. The first-order valence-corrected chi connectivity index (χ1v) is 4.94. The molecule has 2 aliphatic rings. The highest BCUT2D eigenvalue weighted by atomic mass is 16.4. The average Bonchev–Trinajstić information content (AvgIpc) is 2.49. The summed E-state index contributed by atoms with van der Waals surface area (Å²) < 4.78 is 0. The molecule has 2 fully saturated rings. The molecule has 0 radical (unpaired) electrons. The van der Waals surface area contributed by atoms with Crippen molar-refractivity contribution in [3.8, 4) is 0 Å². The molecule has 0 aliphatic carbocycles. The van der Waals surface area contributed by atoms with Crippen LogP contribution in [0.3, 0.4) is 0 Å². The van der Waals surface area contributed by atoms with Crippen molar-refractivity contribution in [2.24, 2.45) is 0 Å². The highest BCUT2D eigenvalue weighted by molar-refractivity contribution is 5.69. The fraction of sp³-hybridized carbons (Fsp3) is 0.889. The largest absolute Gasteiger partial charge is 0.480 e. The van der Waals surface area contributed by atoms with E-state index in [9.17, 15) is 4.79 Å². The summed E-state index contributed by atoms with van der Waals surface area (Å²) in [6.07, 6.45) is 2.53. The topological polar surface area (TPSA) is 43.8 Å². The van der Waals surface area contributed by atoms with Crippen molar-refractivity contribution in [1.82, 2.24) is 9.80 Å². The van der Waals surface area contributed by atoms with E-state index < -0.39 is 5.97 Å². The van der Waals surface area contributed by atoms with Crippen LogP contribution in [0.2, 0.25) is 0 Å². The number of carbonyl (C=O) groups is 1. The summed E-state index contributed by atoms with van der Waals surface area (Å²) in [5, 5.41) is 8.65. The first-order chi connectivity index (χ1) is 6.25. The Balaban J connectivity index is 1.86. The molecular weight excluding hydrogens is 168 g/mol. The van der Waals surface area contributed by atoms with Gasteiger partial charge < -0.3 is 5.11 Å². The van der Waals surface area contributed by atoms with Gasteiger partial charge in [0.25, 0.3) is 0 Å². The zero-order chi connectivity index (χ0) is 9.26. The number of hydrogen-bond acceptors (Lipinski definition) is 3. The maximum Gasteiger partial charge on any atom is 0.317 e. The zero-order valence-electron chi connectivity index (χ0n) is 7.78. The predicted molar refractivity (Wildman–Crippen MR) is 48.7 cm³/mol. The van der Waals surface area contributed by atoms with Crippen molar-refractivity contribution in [2.75, 3.05) is 32.7 Å². The molecule has 2 saturated heterocycles. The van der Waals surface area contributed by atoms with Gasteiger partial charge in [0.05, 0.1) is 6.54 Å². The number of nitrogens with zero attached hydrogens (tertiary/aromatic N) is 2. The minimum atomic E-state index is -0.702. The highest BCUT2D eigenvalue weighted by Gasteiger charge is 2.30. The summed E-state index contributed by atoms with van der Waals surface area (Å²) in [7, 11) is 0. The van der Waals surface area contributed by atoms with Crippen LogP contribution in [0, 0.1) is 0 Å². The van der Waals surface area contributed by atoms with Gasteiger partial charge in [0.2, 0.25) is 0 Å². The van der Waals surface area contributed by atoms with Crippen LogP contribution < -0.4 is 0 Å². The number of carboxylic acid groups (broad SMARTS) is 1. The molecule has 4 nitrogen and oxygen atoms in total. The maximum atomic E-state index is 10.5. The van der Waals surface area contributed by atoms with Crippen LogP contribution in [0.15, 0.2) is 0 Å². The van der Waals surface area contributed by atoms with Gasteiger partial charge in [-0.1, -0.05) is 0 Å². The monoisotopic (exact) mass is 184 g/mol. The van der Waals surface area contributed by atoms with Gasteiger partial charge in [0, 0.05) is 25.7 Å². The number of piperazine rings is 1. The third-order valence-electron chi connectivity index (χ3n) is 3.03. The van der Waals surface area contributed by atoms with E-state index in [1.54, 1.807) is 0 Å². The summed E-state index contributed by atoms with van der Waals surface area (Å²) >= 11 is 0. The summed E-state index contributed by atoms with van der Waals surface area (Å²) in [6, 6.07) is 0.632. The van der Waals surface area contributed by atoms with E-state index in [0.29, 0.717) is 6.04 Å². The van der Waals surface area contributed by atoms with E-state index in [1.165, 1.54) is 19.4 Å². The molecule has 0 saturated carbocycles. The normalized spacial score (nSPS) is 30.3. The van der Waals surface area contributed by atoms with Gasteiger partial charge >= 0.3 is 5.97 Å². The van der Waals surface area contributed by atoms with E-state index in [2.05, 4.69) is 9.80 Å². The van der Waals surface area contributed by atoms with Gasteiger partial charge in [0.15, 0.2) is 0 Å². The lowest BCUT2D eigenvalue weighted by molar-refractivity contribution is -0.138. The Morgan fingerprint density at radius 2 is 2.23 bits per heavy atom. The van der Waals surface area contributed by atoms with E-state index in [4.69, 9.17) is 5.11 Å². The van der Waals surface area contributed by atoms with Crippen molar-refractivity contribution in [3.05, 3.63) is 0 Å². The average molecular weight is 184 g/mol. The molecular formula is C9H16N2O2. The lowest BCUT2D eigenvalue weighted by atomic mass is 10.1. The molecule has 0 spiro atoms. The van der Waals surface area contributed by atoms with Crippen LogP contribution in [0.4, 0.5) is 0 Å². The maximum absolute atomic E-state index is 10.5. The second-order valence-corrected chi connectivity index (χ2v) is 3.96.